The van der Waals surface area contributed by atoms with E-state index in [4.69, 9.17) is 4.42 Å². The van der Waals surface area contributed by atoms with Crippen LogP contribution in [0.5, 0.6) is 0 Å². The fourth-order valence-corrected chi connectivity index (χ4v) is 3.26. The Morgan fingerprint density at radius 3 is 2.57 bits per heavy atom. The molecular formula is C17H18N2O3S. The summed E-state index contributed by atoms with van der Waals surface area (Å²) in [7, 11) is -2.99. The average molecular weight is 330 g/mol. The zero-order chi connectivity index (χ0) is 16.3. The second kappa shape index (κ2) is 6.42. The zero-order valence-electron chi connectivity index (χ0n) is 12.8. The minimum Gasteiger partial charge on any atom is -0.464 e. The molecule has 0 aliphatic carbocycles. The van der Waals surface area contributed by atoms with Crippen LogP contribution < -0.4 is 5.32 Å². The molecule has 0 bridgehead atoms. The van der Waals surface area contributed by atoms with Gasteiger partial charge < -0.3 is 9.73 Å². The van der Waals surface area contributed by atoms with Crippen molar-refractivity contribution >= 4 is 26.6 Å². The predicted molar refractivity (Wildman–Crippen MR) is 91.2 cm³/mol. The van der Waals surface area contributed by atoms with Gasteiger partial charge in [0.25, 0.3) is 0 Å². The first kappa shape index (κ1) is 15.6. The van der Waals surface area contributed by atoms with Crippen molar-refractivity contribution in [2.75, 3.05) is 18.1 Å². The van der Waals surface area contributed by atoms with Crippen molar-refractivity contribution in [1.82, 2.24) is 4.98 Å². The molecule has 0 atom stereocenters. The Kier molecular flexibility index (Phi) is 4.34. The molecule has 120 valence electrons. The quantitative estimate of drug-likeness (QED) is 0.752. The van der Waals surface area contributed by atoms with Crippen LogP contribution in [0.4, 0.5) is 5.82 Å². The van der Waals surface area contributed by atoms with Crippen molar-refractivity contribution < 1.29 is 12.8 Å². The lowest BCUT2D eigenvalue weighted by Gasteiger charge is -2.07. The van der Waals surface area contributed by atoms with Gasteiger partial charge in [0.15, 0.2) is 9.84 Å². The minimum atomic E-state index is -2.99. The topological polar surface area (TPSA) is 72.2 Å². The predicted octanol–water partition coefficient (Wildman–Crippen LogP) is 3.03. The first-order chi connectivity index (χ1) is 11.0. The van der Waals surface area contributed by atoms with Crippen LogP contribution in [-0.4, -0.2) is 26.2 Å². The maximum atomic E-state index is 11.3. The van der Waals surface area contributed by atoms with Crippen LogP contribution in [0.2, 0.25) is 0 Å². The number of sulfone groups is 1. The van der Waals surface area contributed by atoms with Crippen LogP contribution in [0.25, 0.3) is 11.0 Å². The SMILES string of the molecule is CS(=O)(=O)Cc1ccc(CCNc2nccc3occc23)cc1. The van der Waals surface area contributed by atoms with Gasteiger partial charge in [-0.2, -0.15) is 0 Å². The van der Waals surface area contributed by atoms with Crippen molar-refractivity contribution in [3.05, 3.63) is 60.0 Å². The highest BCUT2D eigenvalue weighted by atomic mass is 32.2. The highest BCUT2D eigenvalue weighted by Crippen LogP contribution is 2.21. The first-order valence-corrected chi connectivity index (χ1v) is 9.39. The van der Waals surface area contributed by atoms with E-state index in [0.29, 0.717) is 0 Å². The van der Waals surface area contributed by atoms with Gasteiger partial charge in [-0.1, -0.05) is 24.3 Å². The van der Waals surface area contributed by atoms with Crippen molar-refractivity contribution in [3.8, 4) is 0 Å². The van der Waals surface area contributed by atoms with Gasteiger partial charge in [0.1, 0.15) is 11.4 Å². The Labute approximate surface area is 135 Å². The van der Waals surface area contributed by atoms with Gasteiger partial charge in [0, 0.05) is 19.0 Å². The summed E-state index contributed by atoms with van der Waals surface area (Å²) in [4.78, 5) is 4.33. The number of nitrogens with one attached hydrogen (secondary N) is 1. The second-order valence-corrected chi connectivity index (χ2v) is 7.70. The highest BCUT2D eigenvalue weighted by Gasteiger charge is 2.05. The third-order valence-electron chi connectivity index (χ3n) is 3.54. The van der Waals surface area contributed by atoms with Gasteiger partial charge in [-0.25, -0.2) is 13.4 Å². The average Bonchev–Trinajstić information content (AvgIpc) is 2.97. The molecule has 0 fully saturated rings. The van der Waals surface area contributed by atoms with Crippen LogP contribution in [0.3, 0.4) is 0 Å². The standard InChI is InChI=1S/C17H18N2O3S/c1-23(20,21)12-14-4-2-13(3-5-14)6-9-18-17-15-8-11-22-16(15)7-10-19-17/h2-5,7-8,10-11H,6,9,12H2,1H3,(H,18,19). The number of pyridine rings is 1. The molecular weight excluding hydrogens is 312 g/mol. The number of aromatic nitrogens is 1. The number of fused-ring (bicyclic) bond motifs is 1. The van der Waals surface area contributed by atoms with E-state index in [1.165, 1.54) is 6.26 Å². The minimum absolute atomic E-state index is 0.0813. The molecule has 2 aromatic heterocycles. The monoisotopic (exact) mass is 330 g/mol. The summed E-state index contributed by atoms with van der Waals surface area (Å²) >= 11 is 0. The van der Waals surface area contributed by atoms with Crippen molar-refractivity contribution in [2.24, 2.45) is 0 Å². The van der Waals surface area contributed by atoms with Gasteiger partial charge in [-0.05, 0) is 29.7 Å². The Hall–Kier alpha value is -2.34. The molecule has 6 heteroatoms. The van der Waals surface area contributed by atoms with E-state index in [2.05, 4.69) is 10.3 Å². The fourth-order valence-electron chi connectivity index (χ4n) is 2.47. The molecule has 1 N–H and O–H groups in total. The van der Waals surface area contributed by atoms with Crippen LogP contribution in [0.15, 0.2) is 53.3 Å². The van der Waals surface area contributed by atoms with Gasteiger partial charge in [0.2, 0.25) is 0 Å². The Morgan fingerprint density at radius 1 is 1.09 bits per heavy atom. The lowest BCUT2D eigenvalue weighted by Crippen LogP contribution is -2.06. The number of hydrogen-bond donors (Lipinski definition) is 1. The van der Waals surface area contributed by atoms with Crippen LogP contribution >= 0.6 is 0 Å². The third kappa shape index (κ3) is 4.10. The van der Waals surface area contributed by atoms with Crippen molar-refractivity contribution in [2.45, 2.75) is 12.2 Å². The van der Waals surface area contributed by atoms with Gasteiger partial charge in [-0.3, -0.25) is 0 Å². The number of rotatable bonds is 6. The van der Waals surface area contributed by atoms with Gasteiger partial charge in [0.05, 0.1) is 17.4 Å². The summed E-state index contributed by atoms with van der Waals surface area (Å²) in [6.45, 7) is 0.739. The molecule has 0 amide bonds. The largest absolute Gasteiger partial charge is 0.464 e. The molecule has 5 nitrogen and oxygen atoms in total. The number of nitrogens with zero attached hydrogens (tertiary/aromatic N) is 1. The van der Waals surface area contributed by atoms with E-state index in [1.807, 2.05) is 36.4 Å². The number of hydrogen-bond acceptors (Lipinski definition) is 5. The molecule has 23 heavy (non-hydrogen) atoms. The third-order valence-corrected chi connectivity index (χ3v) is 4.40. The molecule has 0 aliphatic heterocycles. The van der Waals surface area contributed by atoms with E-state index in [1.54, 1.807) is 12.5 Å². The van der Waals surface area contributed by atoms with E-state index < -0.39 is 9.84 Å². The smallest absolute Gasteiger partial charge is 0.151 e. The molecule has 0 radical (unpaired) electrons. The number of anilines is 1. The highest BCUT2D eigenvalue weighted by molar-refractivity contribution is 7.89. The lowest BCUT2D eigenvalue weighted by molar-refractivity contribution is 0.601. The normalized spacial score (nSPS) is 11.7. The summed E-state index contributed by atoms with van der Waals surface area (Å²) < 4.78 is 27.9. The van der Waals surface area contributed by atoms with E-state index >= 15 is 0 Å². The molecule has 0 spiro atoms. The zero-order valence-corrected chi connectivity index (χ0v) is 13.6. The van der Waals surface area contributed by atoms with Gasteiger partial charge in [-0.15, -0.1) is 0 Å². The van der Waals surface area contributed by atoms with Crippen LogP contribution in [-0.2, 0) is 22.0 Å². The maximum absolute atomic E-state index is 11.3. The van der Waals surface area contributed by atoms with Crippen LogP contribution in [0.1, 0.15) is 11.1 Å². The van der Waals surface area contributed by atoms with E-state index in [9.17, 15) is 8.42 Å². The molecule has 2 heterocycles. The molecule has 3 aromatic rings. The summed E-state index contributed by atoms with van der Waals surface area (Å²) in [5, 5.41) is 4.28. The first-order valence-electron chi connectivity index (χ1n) is 7.33. The van der Waals surface area contributed by atoms with Crippen molar-refractivity contribution in [1.29, 1.82) is 0 Å². The molecule has 0 saturated carbocycles. The number of benzene rings is 1. The molecule has 0 aliphatic rings. The van der Waals surface area contributed by atoms with E-state index in [-0.39, 0.29) is 5.75 Å². The summed E-state index contributed by atoms with van der Waals surface area (Å²) in [5.74, 6) is 0.891. The maximum Gasteiger partial charge on any atom is 0.151 e. The van der Waals surface area contributed by atoms with Crippen LogP contribution in [0, 0.1) is 0 Å². The number of furan rings is 1. The Balaban J connectivity index is 1.59. The van der Waals surface area contributed by atoms with Gasteiger partial charge >= 0.3 is 0 Å². The molecule has 1 aromatic carbocycles. The molecule has 0 unspecified atom stereocenters. The Bertz CT molecular complexity index is 899. The Morgan fingerprint density at radius 2 is 1.83 bits per heavy atom. The lowest BCUT2D eigenvalue weighted by atomic mass is 10.1. The van der Waals surface area contributed by atoms with E-state index in [0.717, 1.165) is 40.9 Å². The molecule has 0 saturated heterocycles. The fraction of sp³-hybridized carbons (Fsp3) is 0.235. The summed E-state index contributed by atoms with van der Waals surface area (Å²) in [6, 6.07) is 11.4. The summed E-state index contributed by atoms with van der Waals surface area (Å²) in [5.41, 5.74) is 2.77. The molecule has 3 rings (SSSR count). The summed E-state index contributed by atoms with van der Waals surface area (Å²) in [6.07, 6.45) is 5.44. The second-order valence-electron chi connectivity index (χ2n) is 5.56. The van der Waals surface area contributed by atoms with Crippen molar-refractivity contribution in [3.63, 3.8) is 0 Å².